The van der Waals surface area contributed by atoms with E-state index in [1.807, 2.05) is 0 Å². The van der Waals surface area contributed by atoms with E-state index >= 15 is 0 Å². The second kappa shape index (κ2) is 12.2. The first kappa shape index (κ1) is 27.4. The third-order valence-corrected chi connectivity index (χ3v) is 7.85. The largest absolute Gasteiger partial charge is 0.489 e. The first-order chi connectivity index (χ1) is 16.6. The molecular formula is C23H20Cl4N2O5S. The molecule has 1 amide bonds. The Labute approximate surface area is 223 Å². The van der Waals surface area contributed by atoms with Gasteiger partial charge in [-0.1, -0.05) is 64.6 Å². The monoisotopic (exact) mass is 576 g/mol. The standard InChI is InChI=1S/C23H20Cl4N2O5S/c1-33-7-8-34-19-12-18(28-13-20(30)29-16-10-14(24)9-15(25)11-16)21(26)23(22(19)27)35(31,32)17-5-3-2-4-6-17/h2-6,9-12,28H,7-8,13H2,1H3,(H,29,30). The van der Waals surface area contributed by atoms with Gasteiger partial charge in [-0.3, -0.25) is 4.79 Å². The smallest absolute Gasteiger partial charge is 0.243 e. The minimum Gasteiger partial charge on any atom is -0.489 e. The molecular weight excluding hydrogens is 558 g/mol. The molecule has 0 fully saturated rings. The summed E-state index contributed by atoms with van der Waals surface area (Å²) in [6.07, 6.45) is 0. The van der Waals surface area contributed by atoms with Crippen LogP contribution in [0.25, 0.3) is 0 Å². The van der Waals surface area contributed by atoms with Crippen molar-refractivity contribution in [1.82, 2.24) is 0 Å². The Balaban J connectivity index is 1.93. The molecule has 0 aliphatic carbocycles. The molecule has 186 valence electrons. The molecule has 0 unspecified atom stereocenters. The average Bonchev–Trinajstić information content (AvgIpc) is 2.79. The summed E-state index contributed by atoms with van der Waals surface area (Å²) in [5, 5.41) is 5.83. The zero-order valence-electron chi connectivity index (χ0n) is 18.3. The summed E-state index contributed by atoms with van der Waals surface area (Å²) in [7, 11) is -2.62. The Bertz CT molecular complexity index is 1300. The maximum absolute atomic E-state index is 13.4. The highest BCUT2D eigenvalue weighted by Crippen LogP contribution is 2.44. The van der Waals surface area contributed by atoms with E-state index in [0.717, 1.165) is 0 Å². The summed E-state index contributed by atoms with van der Waals surface area (Å²) in [5.74, 6) is -0.393. The predicted octanol–water partition coefficient (Wildman–Crippen LogP) is 6.21. The van der Waals surface area contributed by atoms with E-state index in [1.165, 1.54) is 43.5 Å². The fourth-order valence-electron chi connectivity index (χ4n) is 3.02. The average molecular weight is 578 g/mol. The van der Waals surface area contributed by atoms with E-state index in [0.29, 0.717) is 15.7 Å². The summed E-state index contributed by atoms with van der Waals surface area (Å²) < 4.78 is 37.3. The zero-order valence-corrected chi connectivity index (χ0v) is 22.1. The van der Waals surface area contributed by atoms with Gasteiger partial charge in [0.25, 0.3) is 0 Å². The number of halogens is 4. The van der Waals surface area contributed by atoms with Crippen LogP contribution < -0.4 is 15.4 Å². The molecule has 3 aromatic carbocycles. The van der Waals surface area contributed by atoms with Crippen molar-refractivity contribution in [3.8, 4) is 5.75 Å². The van der Waals surface area contributed by atoms with E-state index in [4.69, 9.17) is 55.9 Å². The fourth-order valence-corrected chi connectivity index (χ4v) is 6.05. The zero-order chi connectivity index (χ0) is 25.6. The molecule has 0 spiro atoms. The third-order valence-electron chi connectivity index (χ3n) is 4.58. The van der Waals surface area contributed by atoms with Gasteiger partial charge in [-0.05, 0) is 30.3 Å². The molecule has 7 nitrogen and oxygen atoms in total. The van der Waals surface area contributed by atoms with Gasteiger partial charge < -0.3 is 20.1 Å². The second-order valence-corrected chi connectivity index (χ2v) is 10.6. The Morgan fingerprint density at radius 1 is 0.914 bits per heavy atom. The molecule has 12 heteroatoms. The number of methoxy groups -OCH3 is 1. The summed E-state index contributed by atoms with van der Waals surface area (Å²) >= 11 is 24.9. The normalized spacial score (nSPS) is 11.2. The van der Waals surface area contributed by atoms with Crippen LogP contribution in [0.5, 0.6) is 5.75 Å². The third kappa shape index (κ3) is 6.94. The number of carbonyl (C=O) groups is 1. The Kier molecular flexibility index (Phi) is 9.52. The molecule has 0 heterocycles. The molecule has 0 radical (unpaired) electrons. The van der Waals surface area contributed by atoms with Crippen molar-refractivity contribution < 1.29 is 22.7 Å². The number of hydrogen-bond donors (Lipinski definition) is 2. The molecule has 35 heavy (non-hydrogen) atoms. The molecule has 0 aliphatic rings. The molecule has 0 aliphatic heterocycles. The summed E-state index contributed by atoms with van der Waals surface area (Å²) in [6.45, 7) is 0.0963. The highest BCUT2D eigenvalue weighted by atomic mass is 35.5. The number of nitrogens with one attached hydrogen (secondary N) is 2. The van der Waals surface area contributed by atoms with Crippen molar-refractivity contribution in [1.29, 1.82) is 0 Å². The second-order valence-electron chi connectivity index (χ2n) is 7.10. The van der Waals surface area contributed by atoms with E-state index in [2.05, 4.69) is 10.6 Å². The summed E-state index contributed by atoms with van der Waals surface area (Å²) in [4.78, 5) is 12.1. The predicted molar refractivity (Wildman–Crippen MR) is 139 cm³/mol. The van der Waals surface area contributed by atoms with Crippen LogP contribution >= 0.6 is 46.4 Å². The number of carbonyl (C=O) groups excluding carboxylic acids is 1. The molecule has 0 saturated heterocycles. The van der Waals surface area contributed by atoms with Crippen molar-refractivity contribution in [2.24, 2.45) is 0 Å². The number of anilines is 2. The van der Waals surface area contributed by atoms with Crippen LogP contribution in [0.3, 0.4) is 0 Å². The maximum atomic E-state index is 13.4. The van der Waals surface area contributed by atoms with Crippen molar-refractivity contribution in [3.63, 3.8) is 0 Å². The Hall–Kier alpha value is -2.20. The number of sulfone groups is 1. The first-order valence-corrected chi connectivity index (χ1v) is 13.1. The minimum absolute atomic E-state index is 0.000584. The fraction of sp³-hybridized carbons (Fsp3) is 0.174. The van der Waals surface area contributed by atoms with Gasteiger partial charge in [0.15, 0.2) is 0 Å². The van der Waals surface area contributed by atoms with E-state index in [-0.39, 0.29) is 51.0 Å². The molecule has 0 aromatic heterocycles. The van der Waals surface area contributed by atoms with Gasteiger partial charge in [0.05, 0.1) is 28.8 Å². The molecule has 0 saturated carbocycles. The maximum Gasteiger partial charge on any atom is 0.243 e. The molecule has 0 atom stereocenters. The Morgan fingerprint density at radius 3 is 2.20 bits per heavy atom. The van der Waals surface area contributed by atoms with Crippen LogP contribution in [0.4, 0.5) is 11.4 Å². The number of amides is 1. The summed E-state index contributed by atoms with van der Waals surface area (Å²) in [5.41, 5.74) is 0.532. The highest BCUT2D eigenvalue weighted by molar-refractivity contribution is 7.91. The van der Waals surface area contributed by atoms with Crippen LogP contribution in [-0.4, -0.2) is 41.2 Å². The van der Waals surface area contributed by atoms with Crippen molar-refractivity contribution in [2.75, 3.05) is 37.5 Å². The van der Waals surface area contributed by atoms with Gasteiger partial charge >= 0.3 is 0 Å². The number of hydrogen-bond acceptors (Lipinski definition) is 6. The van der Waals surface area contributed by atoms with Crippen LogP contribution in [0.2, 0.25) is 20.1 Å². The quantitative estimate of drug-likeness (QED) is 0.278. The lowest BCUT2D eigenvalue weighted by Crippen LogP contribution is -2.22. The van der Waals surface area contributed by atoms with Crippen molar-refractivity contribution in [2.45, 2.75) is 9.79 Å². The highest BCUT2D eigenvalue weighted by Gasteiger charge is 2.29. The van der Waals surface area contributed by atoms with Gasteiger partial charge in [0.2, 0.25) is 15.7 Å². The number of benzene rings is 3. The minimum atomic E-state index is -4.12. The number of rotatable bonds is 10. The number of ether oxygens (including phenoxy) is 2. The van der Waals surface area contributed by atoms with Gasteiger partial charge in [0.1, 0.15) is 22.3 Å². The van der Waals surface area contributed by atoms with Crippen LogP contribution in [0.15, 0.2) is 64.4 Å². The van der Waals surface area contributed by atoms with E-state index in [9.17, 15) is 13.2 Å². The first-order valence-electron chi connectivity index (χ1n) is 10.1. The molecule has 3 aromatic rings. The Morgan fingerprint density at radius 2 is 1.57 bits per heavy atom. The van der Waals surface area contributed by atoms with Gasteiger partial charge in [-0.15, -0.1) is 0 Å². The van der Waals surface area contributed by atoms with Crippen molar-refractivity contribution in [3.05, 3.63) is 74.7 Å². The van der Waals surface area contributed by atoms with Crippen LogP contribution in [0, 0.1) is 0 Å². The SMILES string of the molecule is COCCOc1cc(NCC(=O)Nc2cc(Cl)cc(Cl)c2)c(Cl)c(S(=O)(=O)c2ccccc2)c1Cl. The lowest BCUT2D eigenvalue weighted by atomic mass is 10.2. The van der Waals surface area contributed by atoms with Crippen LogP contribution in [-0.2, 0) is 19.4 Å². The van der Waals surface area contributed by atoms with Crippen molar-refractivity contribution >= 4 is 73.5 Å². The summed E-state index contributed by atoms with van der Waals surface area (Å²) in [6, 6.07) is 13.7. The van der Waals surface area contributed by atoms with Gasteiger partial charge in [0, 0.05) is 28.9 Å². The lowest BCUT2D eigenvalue weighted by Gasteiger charge is -2.18. The van der Waals surface area contributed by atoms with Gasteiger partial charge in [-0.2, -0.15) is 0 Å². The molecule has 0 bridgehead atoms. The van der Waals surface area contributed by atoms with Crippen LogP contribution in [0.1, 0.15) is 0 Å². The molecule has 2 N–H and O–H groups in total. The lowest BCUT2D eigenvalue weighted by molar-refractivity contribution is -0.114. The topological polar surface area (TPSA) is 93.7 Å². The van der Waals surface area contributed by atoms with E-state index < -0.39 is 15.7 Å². The van der Waals surface area contributed by atoms with Gasteiger partial charge in [-0.25, -0.2) is 8.42 Å². The van der Waals surface area contributed by atoms with E-state index in [1.54, 1.807) is 18.2 Å². The molecule has 3 rings (SSSR count).